The summed E-state index contributed by atoms with van der Waals surface area (Å²) in [6.07, 6.45) is 3.03. The van der Waals surface area contributed by atoms with Gasteiger partial charge < -0.3 is 16.6 Å². The lowest BCUT2D eigenvalue weighted by molar-refractivity contribution is 0.203. The van der Waals surface area contributed by atoms with Gasteiger partial charge in [-0.25, -0.2) is 4.79 Å². The van der Waals surface area contributed by atoms with Gasteiger partial charge in [-0.05, 0) is 36.2 Å². The summed E-state index contributed by atoms with van der Waals surface area (Å²) in [5.41, 5.74) is 15.6. The van der Waals surface area contributed by atoms with Crippen molar-refractivity contribution in [3.05, 3.63) is 54.9 Å². The molecule has 6 heteroatoms. The van der Waals surface area contributed by atoms with Crippen LogP contribution in [0.4, 0.5) is 16.2 Å². The molecule has 0 aliphatic rings. The first-order valence-electron chi connectivity index (χ1n) is 7.13. The third-order valence-electron chi connectivity index (χ3n) is 3.60. The van der Waals surface area contributed by atoms with Gasteiger partial charge in [0.05, 0.1) is 11.7 Å². The molecule has 2 aromatic rings. The topological polar surface area (TPSA) is 105 Å². The van der Waals surface area contributed by atoms with Gasteiger partial charge in [0.25, 0.3) is 0 Å². The predicted octanol–water partition coefficient (Wildman–Crippen LogP) is 3.02. The van der Waals surface area contributed by atoms with Crippen LogP contribution in [0, 0.1) is 0 Å². The maximum absolute atomic E-state index is 11.0. The molecular weight excluding hydrogens is 292 g/mol. The first-order chi connectivity index (χ1) is 10.9. The molecule has 0 saturated carbocycles. The van der Waals surface area contributed by atoms with Crippen LogP contribution >= 0.6 is 0 Å². The summed E-state index contributed by atoms with van der Waals surface area (Å²) in [6, 6.07) is 8.65. The summed E-state index contributed by atoms with van der Waals surface area (Å²) in [5, 5.41) is 9.02. The number of nitrogens with two attached hydrogens (primary N) is 2. The van der Waals surface area contributed by atoms with Crippen molar-refractivity contribution in [3.8, 4) is 11.1 Å². The van der Waals surface area contributed by atoms with Crippen molar-refractivity contribution in [2.45, 2.75) is 12.5 Å². The average Bonchev–Trinajstić information content (AvgIpc) is 2.54. The molecule has 0 aliphatic carbocycles. The number of anilines is 2. The lowest BCUT2D eigenvalue weighted by Gasteiger charge is -2.16. The zero-order valence-electron chi connectivity index (χ0n) is 12.9. The fourth-order valence-corrected chi connectivity index (χ4v) is 2.25. The van der Waals surface area contributed by atoms with Crippen LogP contribution in [0.25, 0.3) is 11.1 Å². The third kappa shape index (κ3) is 3.67. The molecule has 0 radical (unpaired) electrons. The maximum atomic E-state index is 11.0. The van der Waals surface area contributed by atoms with Crippen molar-refractivity contribution in [1.29, 1.82) is 0 Å². The van der Waals surface area contributed by atoms with Crippen LogP contribution in [0.15, 0.2) is 49.2 Å². The van der Waals surface area contributed by atoms with E-state index in [0.717, 1.165) is 21.7 Å². The van der Waals surface area contributed by atoms with Crippen LogP contribution in [0.3, 0.4) is 0 Å². The Kier molecular flexibility index (Phi) is 4.98. The first-order valence-corrected chi connectivity index (χ1v) is 7.13. The van der Waals surface area contributed by atoms with Gasteiger partial charge in [-0.1, -0.05) is 12.1 Å². The second-order valence-corrected chi connectivity index (χ2v) is 5.21. The summed E-state index contributed by atoms with van der Waals surface area (Å²) in [5.74, 6) is 0. The molecule has 1 aromatic heterocycles. The molecule has 0 saturated heterocycles. The number of nitrogens with zero attached hydrogens (tertiary/aromatic N) is 2. The van der Waals surface area contributed by atoms with Gasteiger partial charge in [-0.15, -0.1) is 6.58 Å². The number of hydrogen-bond acceptors (Lipinski definition) is 4. The molecule has 1 amide bonds. The van der Waals surface area contributed by atoms with Gasteiger partial charge in [-0.3, -0.25) is 9.88 Å². The van der Waals surface area contributed by atoms with E-state index in [9.17, 15) is 4.79 Å². The Balaban J connectivity index is 2.37. The summed E-state index contributed by atoms with van der Waals surface area (Å²) in [6.45, 7) is 3.68. The molecule has 1 atom stereocenters. The van der Waals surface area contributed by atoms with Gasteiger partial charge in [0, 0.05) is 30.2 Å². The zero-order valence-corrected chi connectivity index (χ0v) is 12.9. The zero-order chi connectivity index (χ0) is 17.0. The third-order valence-corrected chi connectivity index (χ3v) is 3.60. The van der Waals surface area contributed by atoms with E-state index in [-0.39, 0.29) is 6.04 Å². The highest BCUT2D eigenvalue weighted by molar-refractivity contribution is 5.88. The Hall–Kier alpha value is -2.86. The van der Waals surface area contributed by atoms with E-state index in [1.807, 2.05) is 12.1 Å². The molecule has 0 fully saturated rings. The monoisotopic (exact) mass is 312 g/mol. The number of carboxylic acid groups (broad SMARTS) is 1. The van der Waals surface area contributed by atoms with Crippen molar-refractivity contribution in [2.75, 3.05) is 17.7 Å². The number of hydrogen-bond donors (Lipinski definition) is 3. The number of rotatable bonds is 5. The fourth-order valence-electron chi connectivity index (χ4n) is 2.25. The molecule has 0 bridgehead atoms. The summed E-state index contributed by atoms with van der Waals surface area (Å²) in [7, 11) is 1.47. The quantitative estimate of drug-likeness (QED) is 0.581. The molecule has 6 nitrogen and oxygen atoms in total. The van der Waals surface area contributed by atoms with E-state index >= 15 is 0 Å². The van der Waals surface area contributed by atoms with E-state index in [4.69, 9.17) is 16.6 Å². The fraction of sp³-hybridized carbons (Fsp3) is 0.176. The minimum absolute atomic E-state index is 0.217. The largest absolute Gasteiger partial charge is 0.465 e. The Morgan fingerprint density at radius 1 is 1.43 bits per heavy atom. The minimum atomic E-state index is -1.04. The van der Waals surface area contributed by atoms with Crippen molar-refractivity contribution in [1.82, 2.24) is 4.98 Å². The minimum Gasteiger partial charge on any atom is -0.465 e. The number of amides is 1. The molecule has 0 aliphatic heterocycles. The van der Waals surface area contributed by atoms with E-state index in [1.54, 1.807) is 30.5 Å². The van der Waals surface area contributed by atoms with Crippen LogP contribution in [0.5, 0.6) is 0 Å². The van der Waals surface area contributed by atoms with Crippen LogP contribution in [0.2, 0.25) is 0 Å². The average molecular weight is 312 g/mol. The van der Waals surface area contributed by atoms with Gasteiger partial charge in [0.2, 0.25) is 0 Å². The second-order valence-electron chi connectivity index (χ2n) is 5.21. The van der Waals surface area contributed by atoms with Crippen LogP contribution in [-0.2, 0) is 0 Å². The summed E-state index contributed by atoms with van der Waals surface area (Å²) >= 11 is 0. The summed E-state index contributed by atoms with van der Waals surface area (Å²) in [4.78, 5) is 16.4. The molecule has 23 heavy (non-hydrogen) atoms. The van der Waals surface area contributed by atoms with Gasteiger partial charge in [0.1, 0.15) is 0 Å². The summed E-state index contributed by atoms with van der Waals surface area (Å²) < 4.78 is 0. The molecule has 120 valence electrons. The van der Waals surface area contributed by atoms with Crippen LogP contribution in [-0.4, -0.2) is 23.2 Å². The number of benzene rings is 1. The Morgan fingerprint density at radius 2 is 2.17 bits per heavy atom. The van der Waals surface area contributed by atoms with E-state index < -0.39 is 6.09 Å². The Labute approximate surface area is 135 Å². The number of aromatic nitrogens is 1. The lowest BCUT2D eigenvalue weighted by atomic mass is 10.0. The molecule has 0 unspecified atom stereocenters. The van der Waals surface area contributed by atoms with Crippen molar-refractivity contribution in [2.24, 2.45) is 5.73 Å². The second kappa shape index (κ2) is 6.93. The van der Waals surface area contributed by atoms with Crippen molar-refractivity contribution >= 4 is 17.5 Å². The van der Waals surface area contributed by atoms with Gasteiger partial charge >= 0.3 is 6.09 Å². The van der Waals surface area contributed by atoms with E-state index in [2.05, 4.69) is 11.6 Å². The van der Waals surface area contributed by atoms with Crippen LogP contribution < -0.4 is 16.4 Å². The molecule has 5 N–H and O–H groups in total. The standard InChI is InChI=1S/C17H20N4O2/c1-3-4-14(18)16-9-11(7-8-20-16)13-6-5-12(10-15(13)19)21(2)17(22)23/h3,5-10,14H,1,4,18-19H2,2H3,(H,22,23)/t14-/m0/s1. The number of pyridine rings is 1. The lowest BCUT2D eigenvalue weighted by Crippen LogP contribution is -2.23. The first kappa shape index (κ1) is 16.5. The molecule has 1 aromatic carbocycles. The SMILES string of the molecule is C=CC[C@H](N)c1cc(-c2ccc(N(C)C(=O)O)cc2N)ccn1. The molecule has 0 spiro atoms. The van der Waals surface area contributed by atoms with Gasteiger partial charge in [-0.2, -0.15) is 0 Å². The maximum Gasteiger partial charge on any atom is 0.411 e. The van der Waals surface area contributed by atoms with E-state index in [1.165, 1.54) is 7.05 Å². The Morgan fingerprint density at radius 3 is 2.78 bits per heavy atom. The molecule has 2 rings (SSSR count). The van der Waals surface area contributed by atoms with Crippen molar-refractivity contribution in [3.63, 3.8) is 0 Å². The molecule has 1 heterocycles. The van der Waals surface area contributed by atoms with Crippen molar-refractivity contribution < 1.29 is 9.90 Å². The molecular formula is C17H20N4O2. The normalized spacial score (nSPS) is 11.7. The highest BCUT2D eigenvalue weighted by atomic mass is 16.4. The smallest absolute Gasteiger partial charge is 0.411 e. The highest BCUT2D eigenvalue weighted by Crippen LogP contribution is 2.30. The Bertz CT molecular complexity index is 730. The predicted molar refractivity (Wildman–Crippen MR) is 92.3 cm³/mol. The van der Waals surface area contributed by atoms with Crippen LogP contribution in [0.1, 0.15) is 18.2 Å². The number of nitrogen functional groups attached to an aromatic ring is 1. The van der Waals surface area contributed by atoms with E-state index in [0.29, 0.717) is 17.8 Å². The number of carbonyl (C=O) groups is 1. The van der Waals surface area contributed by atoms with Gasteiger partial charge in [0.15, 0.2) is 0 Å². The highest BCUT2D eigenvalue weighted by Gasteiger charge is 2.12.